The molecule has 0 aromatic carbocycles. The summed E-state index contributed by atoms with van der Waals surface area (Å²) < 4.78 is 9.87. The zero-order valence-electron chi connectivity index (χ0n) is 9.14. The molecule has 84 valence electrons. The molecule has 5 nitrogen and oxygen atoms in total. The van der Waals surface area contributed by atoms with Gasteiger partial charge in [0.05, 0.1) is 19.9 Å². The maximum atomic E-state index is 5.29. The highest BCUT2D eigenvalue weighted by Crippen LogP contribution is 2.02. The van der Waals surface area contributed by atoms with Gasteiger partial charge < -0.3 is 9.30 Å². The topological polar surface area (TPSA) is 35.2 Å². The molecule has 0 bridgehead atoms. The van der Waals surface area contributed by atoms with Crippen molar-refractivity contribution in [2.45, 2.75) is 13.6 Å². The van der Waals surface area contributed by atoms with Gasteiger partial charge in [-0.3, -0.25) is 4.90 Å². The molecule has 0 spiro atoms. The summed E-state index contributed by atoms with van der Waals surface area (Å²) in [6.07, 6.45) is 0. The maximum Gasteiger partial charge on any atom is 0.198 e. The van der Waals surface area contributed by atoms with Crippen LogP contribution in [-0.2, 0) is 18.5 Å². The van der Waals surface area contributed by atoms with E-state index in [9.17, 15) is 0 Å². The lowest BCUT2D eigenvalue weighted by molar-refractivity contribution is 0.0209. The molecule has 2 rings (SSSR count). The van der Waals surface area contributed by atoms with E-state index in [0.717, 1.165) is 43.6 Å². The van der Waals surface area contributed by atoms with E-state index in [-0.39, 0.29) is 0 Å². The lowest BCUT2D eigenvalue weighted by atomic mass is 10.4. The van der Waals surface area contributed by atoms with Crippen LogP contribution in [0, 0.1) is 11.7 Å². The van der Waals surface area contributed by atoms with E-state index in [0.29, 0.717) is 0 Å². The number of nitrogens with zero attached hydrogens (tertiary/aromatic N) is 4. The molecule has 0 saturated carbocycles. The van der Waals surface area contributed by atoms with E-state index >= 15 is 0 Å². The van der Waals surface area contributed by atoms with Gasteiger partial charge in [0.1, 0.15) is 5.82 Å². The second kappa shape index (κ2) is 4.42. The van der Waals surface area contributed by atoms with Crippen LogP contribution in [0.2, 0.25) is 0 Å². The summed E-state index contributed by atoms with van der Waals surface area (Å²) in [5.41, 5.74) is 0. The Morgan fingerprint density at radius 1 is 1.40 bits per heavy atom. The molecule has 15 heavy (non-hydrogen) atoms. The summed E-state index contributed by atoms with van der Waals surface area (Å²) in [6, 6.07) is 0. The molecule has 1 aliphatic rings. The number of hydrogen-bond acceptors (Lipinski definition) is 4. The summed E-state index contributed by atoms with van der Waals surface area (Å²) >= 11 is 5.29. The summed E-state index contributed by atoms with van der Waals surface area (Å²) in [7, 11) is 1.94. The van der Waals surface area contributed by atoms with Crippen molar-refractivity contribution in [2.75, 3.05) is 26.3 Å². The van der Waals surface area contributed by atoms with Gasteiger partial charge in [0, 0.05) is 20.1 Å². The lowest BCUT2D eigenvalue weighted by Crippen LogP contribution is -2.37. The maximum absolute atomic E-state index is 5.29. The SMILES string of the molecule is Cc1nn(CN2CCOCC2)c(=S)n1C. The van der Waals surface area contributed by atoms with Crippen molar-refractivity contribution in [3.8, 4) is 0 Å². The largest absolute Gasteiger partial charge is 0.379 e. The van der Waals surface area contributed by atoms with Gasteiger partial charge in [0.15, 0.2) is 4.77 Å². The third-order valence-electron chi connectivity index (χ3n) is 2.70. The van der Waals surface area contributed by atoms with Crippen molar-refractivity contribution in [3.05, 3.63) is 10.6 Å². The Kier molecular flexibility index (Phi) is 3.18. The summed E-state index contributed by atoms with van der Waals surface area (Å²) in [4.78, 5) is 2.30. The van der Waals surface area contributed by atoms with Crippen LogP contribution in [0.1, 0.15) is 5.82 Å². The molecule has 1 aromatic rings. The number of hydrogen-bond donors (Lipinski definition) is 0. The standard InChI is InChI=1S/C9H16N4OS/c1-8-10-13(9(15)11(8)2)7-12-3-5-14-6-4-12/h3-7H2,1-2H3. The Bertz CT molecular complexity index is 391. The van der Waals surface area contributed by atoms with Gasteiger partial charge in [-0.2, -0.15) is 5.10 Å². The predicted octanol–water partition coefficient (Wildman–Crippen LogP) is 0.549. The minimum Gasteiger partial charge on any atom is -0.379 e. The van der Waals surface area contributed by atoms with Gasteiger partial charge in [-0.05, 0) is 19.1 Å². The van der Waals surface area contributed by atoms with Crippen molar-refractivity contribution >= 4 is 12.2 Å². The Hall–Kier alpha value is -0.720. The van der Waals surface area contributed by atoms with Gasteiger partial charge >= 0.3 is 0 Å². The second-order valence-corrected chi connectivity index (χ2v) is 4.13. The number of rotatable bonds is 2. The molecule has 2 heterocycles. The minimum absolute atomic E-state index is 0.768. The van der Waals surface area contributed by atoms with E-state index in [4.69, 9.17) is 17.0 Å². The van der Waals surface area contributed by atoms with E-state index in [1.54, 1.807) is 0 Å². The molecular weight excluding hydrogens is 212 g/mol. The fourth-order valence-electron chi connectivity index (χ4n) is 1.62. The Balaban J connectivity index is 2.10. The zero-order valence-corrected chi connectivity index (χ0v) is 9.96. The molecule has 0 N–H and O–H groups in total. The normalized spacial score (nSPS) is 18.3. The van der Waals surface area contributed by atoms with Gasteiger partial charge in [-0.15, -0.1) is 0 Å². The van der Waals surface area contributed by atoms with Crippen molar-refractivity contribution < 1.29 is 4.74 Å². The third-order valence-corrected chi connectivity index (χ3v) is 3.18. The monoisotopic (exact) mass is 228 g/mol. The van der Waals surface area contributed by atoms with Gasteiger partial charge in [-0.25, -0.2) is 4.68 Å². The van der Waals surface area contributed by atoms with Crippen molar-refractivity contribution in [1.29, 1.82) is 0 Å². The summed E-state index contributed by atoms with van der Waals surface area (Å²) in [6.45, 7) is 6.25. The van der Waals surface area contributed by atoms with Crippen LogP contribution in [0.3, 0.4) is 0 Å². The second-order valence-electron chi connectivity index (χ2n) is 3.76. The molecule has 0 aliphatic carbocycles. The first-order valence-corrected chi connectivity index (χ1v) is 5.50. The zero-order chi connectivity index (χ0) is 10.8. The molecule has 0 atom stereocenters. The summed E-state index contributed by atoms with van der Waals surface area (Å²) in [5, 5.41) is 4.40. The molecular formula is C9H16N4OS. The third kappa shape index (κ3) is 2.27. The molecule has 1 saturated heterocycles. The number of aryl methyl sites for hydroxylation is 1. The van der Waals surface area contributed by atoms with Crippen LogP contribution in [0.5, 0.6) is 0 Å². The fraction of sp³-hybridized carbons (Fsp3) is 0.778. The highest BCUT2D eigenvalue weighted by atomic mass is 32.1. The fourth-order valence-corrected chi connectivity index (χ4v) is 1.85. The first-order valence-electron chi connectivity index (χ1n) is 5.09. The molecule has 6 heteroatoms. The van der Waals surface area contributed by atoms with Crippen LogP contribution in [0.4, 0.5) is 0 Å². The van der Waals surface area contributed by atoms with Crippen LogP contribution < -0.4 is 0 Å². The first kappa shape index (κ1) is 10.8. The van der Waals surface area contributed by atoms with E-state index < -0.39 is 0 Å². The molecule has 0 amide bonds. The molecule has 1 fully saturated rings. The van der Waals surface area contributed by atoms with E-state index in [1.807, 2.05) is 23.2 Å². The molecule has 0 unspecified atom stereocenters. The molecule has 1 aliphatic heterocycles. The highest BCUT2D eigenvalue weighted by Gasteiger charge is 2.12. The van der Waals surface area contributed by atoms with Crippen LogP contribution in [0.15, 0.2) is 0 Å². The number of aromatic nitrogens is 3. The highest BCUT2D eigenvalue weighted by molar-refractivity contribution is 7.71. The number of ether oxygens (including phenoxy) is 1. The number of morpholine rings is 1. The van der Waals surface area contributed by atoms with Gasteiger partial charge in [0.2, 0.25) is 0 Å². The lowest BCUT2D eigenvalue weighted by Gasteiger charge is -2.25. The first-order chi connectivity index (χ1) is 7.18. The smallest absolute Gasteiger partial charge is 0.198 e. The molecule has 0 radical (unpaired) electrons. The van der Waals surface area contributed by atoms with E-state index in [1.165, 1.54) is 0 Å². The van der Waals surface area contributed by atoms with Crippen molar-refractivity contribution in [2.24, 2.45) is 7.05 Å². The van der Waals surface area contributed by atoms with Crippen LogP contribution >= 0.6 is 12.2 Å². The average Bonchev–Trinajstić information content (AvgIpc) is 2.48. The Labute approximate surface area is 94.2 Å². The van der Waals surface area contributed by atoms with Crippen LogP contribution in [-0.4, -0.2) is 45.6 Å². The quantitative estimate of drug-likeness (QED) is 0.693. The molecule has 1 aromatic heterocycles. The van der Waals surface area contributed by atoms with Gasteiger partial charge in [0.25, 0.3) is 0 Å². The predicted molar refractivity (Wildman–Crippen MR) is 59.2 cm³/mol. The minimum atomic E-state index is 0.768. The van der Waals surface area contributed by atoms with E-state index in [2.05, 4.69) is 10.00 Å². The van der Waals surface area contributed by atoms with Crippen molar-refractivity contribution in [3.63, 3.8) is 0 Å². The average molecular weight is 228 g/mol. The summed E-state index contributed by atoms with van der Waals surface area (Å²) in [5.74, 6) is 0.952. The van der Waals surface area contributed by atoms with Crippen molar-refractivity contribution in [1.82, 2.24) is 19.2 Å². The Morgan fingerprint density at radius 3 is 2.60 bits per heavy atom. The Morgan fingerprint density at radius 2 is 2.07 bits per heavy atom. The van der Waals surface area contributed by atoms with Crippen LogP contribution in [0.25, 0.3) is 0 Å². The van der Waals surface area contributed by atoms with Gasteiger partial charge in [-0.1, -0.05) is 0 Å².